The summed E-state index contributed by atoms with van der Waals surface area (Å²) in [5.74, 6) is 1.07. The maximum Gasteiger partial charge on any atom is 0.233 e. The molecule has 5 heteroatoms. The Balaban J connectivity index is 2.67. The van der Waals surface area contributed by atoms with E-state index in [-0.39, 0.29) is 5.91 Å². The van der Waals surface area contributed by atoms with Gasteiger partial charge in [0.1, 0.15) is 5.75 Å². The van der Waals surface area contributed by atoms with Gasteiger partial charge in [-0.15, -0.1) is 24.9 Å². The van der Waals surface area contributed by atoms with Crippen LogP contribution in [0.1, 0.15) is 0 Å². The molecule has 0 spiro atoms. The first-order valence-electron chi connectivity index (χ1n) is 6.18. The highest BCUT2D eigenvalue weighted by Crippen LogP contribution is 2.29. The molecule has 0 bridgehead atoms. The van der Waals surface area contributed by atoms with Crippen LogP contribution in [-0.2, 0) is 4.79 Å². The van der Waals surface area contributed by atoms with E-state index in [9.17, 15) is 4.79 Å². The second kappa shape index (κ2) is 8.32. The molecule has 0 unspecified atom stereocenters. The number of carbonyl (C=O) groups excluding carboxylic acids is 1. The van der Waals surface area contributed by atoms with Crippen LogP contribution in [0.4, 0.5) is 5.69 Å². The molecule has 0 aliphatic rings. The molecule has 0 atom stereocenters. The van der Waals surface area contributed by atoms with Crippen molar-refractivity contribution in [3.05, 3.63) is 43.5 Å². The molecule has 4 nitrogen and oxygen atoms in total. The molecule has 2 N–H and O–H groups in total. The fraction of sp³-hybridized carbons (Fsp3) is 0.267. The molecule has 20 heavy (non-hydrogen) atoms. The number of hydrogen-bond acceptors (Lipinski definition) is 4. The van der Waals surface area contributed by atoms with Crippen LogP contribution < -0.4 is 10.5 Å². The SMILES string of the molecule is C=CCN(CC=C)C(=O)CSc1cc(OC)ccc1N. The van der Waals surface area contributed by atoms with Crippen LogP contribution in [0.2, 0.25) is 0 Å². The Kier molecular flexibility index (Phi) is 6.73. The number of hydrogen-bond donors (Lipinski definition) is 1. The summed E-state index contributed by atoms with van der Waals surface area (Å²) in [6.45, 7) is 8.32. The van der Waals surface area contributed by atoms with Crippen molar-refractivity contribution in [2.75, 3.05) is 31.7 Å². The number of amides is 1. The maximum atomic E-state index is 12.1. The van der Waals surface area contributed by atoms with E-state index in [1.54, 1.807) is 36.3 Å². The molecule has 0 saturated carbocycles. The predicted octanol–water partition coefficient (Wildman–Crippen LogP) is 2.57. The van der Waals surface area contributed by atoms with Gasteiger partial charge in [0.2, 0.25) is 5.91 Å². The molecule has 0 aliphatic carbocycles. The average Bonchev–Trinajstić information content (AvgIpc) is 2.46. The third-order valence-electron chi connectivity index (χ3n) is 2.62. The van der Waals surface area contributed by atoms with Crippen LogP contribution in [-0.4, -0.2) is 36.8 Å². The molecular weight excluding hydrogens is 272 g/mol. The number of rotatable bonds is 8. The van der Waals surface area contributed by atoms with Crippen molar-refractivity contribution in [2.24, 2.45) is 0 Å². The zero-order chi connectivity index (χ0) is 15.0. The Morgan fingerprint density at radius 1 is 1.40 bits per heavy atom. The maximum absolute atomic E-state index is 12.1. The van der Waals surface area contributed by atoms with Crippen LogP contribution >= 0.6 is 11.8 Å². The Morgan fingerprint density at radius 3 is 2.60 bits per heavy atom. The normalized spacial score (nSPS) is 9.85. The summed E-state index contributed by atoms with van der Waals surface area (Å²) in [5.41, 5.74) is 6.53. The molecule has 1 rings (SSSR count). The number of thioether (sulfide) groups is 1. The van der Waals surface area contributed by atoms with Crippen molar-refractivity contribution < 1.29 is 9.53 Å². The molecule has 1 amide bonds. The molecule has 0 aromatic heterocycles. The summed E-state index contributed by atoms with van der Waals surface area (Å²) in [4.78, 5) is 14.6. The van der Waals surface area contributed by atoms with Gasteiger partial charge in [-0.05, 0) is 18.2 Å². The fourth-order valence-electron chi connectivity index (χ4n) is 1.59. The van der Waals surface area contributed by atoms with Gasteiger partial charge in [0.25, 0.3) is 0 Å². The van der Waals surface area contributed by atoms with Gasteiger partial charge in [-0.2, -0.15) is 0 Å². The first-order valence-corrected chi connectivity index (χ1v) is 7.16. The molecule has 0 heterocycles. The monoisotopic (exact) mass is 292 g/mol. The van der Waals surface area contributed by atoms with Crippen molar-refractivity contribution in [1.82, 2.24) is 4.90 Å². The first-order chi connectivity index (χ1) is 9.62. The lowest BCUT2D eigenvalue weighted by Gasteiger charge is -2.19. The lowest BCUT2D eigenvalue weighted by Crippen LogP contribution is -2.32. The summed E-state index contributed by atoms with van der Waals surface area (Å²) in [6.07, 6.45) is 3.40. The van der Waals surface area contributed by atoms with E-state index in [1.165, 1.54) is 11.8 Å². The van der Waals surface area contributed by atoms with Crippen molar-refractivity contribution in [1.29, 1.82) is 0 Å². The van der Waals surface area contributed by atoms with Gasteiger partial charge >= 0.3 is 0 Å². The standard InChI is InChI=1S/C15H20N2O2S/c1-4-8-17(9-5-2)15(18)11-20-14-10-12(19-3)6-7-13(14)16/h4-7,10H,1-2,8-9,11,16H2,3H3. The highest BCUT2D eigenvalue weighted by Gasteiger charge is 2.12. The third-order valence-corrected chi connectivity index (χ3v) is 3.68. The molecule has 1 aromatic rings. The van der Waals surface area contributed by atoms with Crippen molar-refractivity contribution in [3.63, 3.8) is 0 Å². The van der Waals surface area contributed by atoms with E-state index in [2.05, 4.69) is 13.2 Å². The largest absolute Gasteiger partial charge is 0.497 e. The number of nitrogens with two attached hydrogens (primary N) is 1. The van der Waals surface area contributed by atoms with Gasteiger partial charge in [-0.1, -0.05) is 12.2 Å². The Labute approximate surface area is 124 Å². The van der Waals surface area contributed by atoms with Crippen LogP contribution in [0.5, 0.6) is 5.75 Å². The van der Waals surface area contributed by atoms with Gasteiger partial charge in [0.15, 0.2) is 0 Å². The van der Waals surface area contributed by atoms with Gasteiger partial charge in [0.05, 0.1) is 12.9 Å². The molecule has 108 valence electrons. The lowest BCUT2D eigenvalue weighted by molar-refractivity contribution is -0.127. The zero-order valence-corrected chi connectivity index (χ0v) is 12.5. The van der Waals surface area contributed by atoms with Crippen LogP contribution in [0.3, 0.4) is 0 Å². The number of carbonyl (C=O) groups is 1. The van der Waals surface area contributed by atoms with Crippen molar-refractivity contribution in [2.45, 2.75) is 4.90 Å². The predicted molar refractivity (Wildman–Crippen MR) is 85.1 cm³/mol. The minimum atomic E-state index is 0.0250. The van der Waals surface area contributed by atoms with E-state index in [1.807, 2.05) is 6.07 Å². The van der Waals surface area contributed by atoms with Gasteiger partial charge < -0.3 is 15.4 Å². The van der Waals surface area contributed by atoms with E-state index in [4.69, 9.17) is 10.5 Å². The number of anilines is 1. The number of ether oxygens (including phenoxy) is 1. The van der Waals surface area contributed by atoms with Crippen LogP contribution in [0.15, 0.2) is 48.4 Å². The summed E-state index contributed by atoms with van der Waals surface area (Å²) >= 11 is 1.40. The second-order valence-electron chi connectivity index (χ2n) is 4.07. The molecule has 0 aliphatic heterocycles. The summed E-state index contributed by atoms with van der Waals surface area (Å²) in [7, 11) is 1.60. The van der Waals surface area contributed by atoms with Crippen molar-refractivity contribution >= 4 is 23.4 Å². The van der Waals surface area contributed by atoms with E-state index < -0.39 is 0 Å². The summed E-state index contributed by atoms with van der Waals surface area (Å²) in [5, 5.41) is 0. The average molecular weight is 292 g/mol. The Bertz CT molecular complexity index is 479. The number of benzene rings is 1. The van der Waals surface area contributed by atoms with Crippen molar-refractivity contribution in [3.8, 4) is 5.75 Å². The van der Waals surface area contributed by atoms with E-state index >= 15 is 0 Å². The molecule has 0 saturated heterocycles. The Morgan fingerprint density at radius 2 is 2.05 bits per heavy atom. The molecule has 0 fully saturated rings. The molecule has 0 radical (unpaired) electrons. The molecule has 1 aromatic carbocycles. The van der Waals surface area contributed by atoms with Gasteiger partial charge in [-0.25, -0.2) is 0 Å². The third kappa shape index (κ3) is 4.66. The first kappa shape index (κ1) is 16.2. The lowest BCUT2D eigenvalue weighted by atomic mass is 10.3. The highest BCUT2D eigenvalue weighted by molar-refractivity contribution is 8.00. The van der Waals surface area contributed by atoms with Gasteiger partial charge in [-0.3, -0.25) is 4.79 Å². The second-order valence-corrected chi connectivity index (χ2v) is 5.09. The zero-order valence-electron chi connectivity index (χ0n) is 11.7. The number of nitrogen functional groups attached to an aromatic ring is 1. The van der Waals surface area contributed by atoms with E-state index in [0.29, 0.717) is 24.5 Å². The smallest absolute Gasteiger partial charge is 0.233 e. The minimum absolute atomic E-state index is 0.0250. The summed E-state index contributed by atoms with van der Waals surface area (Å²) in [6, 6.07) is 5.40. The van der Waals surface area contributed by atoms with Gasteiger partial charge in [0, 0.05) is 23.7 Å². The summed E-state index contributed by atoms with van der Waals surface area (Å²) < 4.78 is 5.15. The fourth-order valence-corrected chi connectivity index (χ4v) is 2.48. The topological polar surface area (TPSA) is 55.6 Å². The molecular formula is C15H20N2O2S. The highest BCUT2D eigenvalue weighted by atomic mass is 32.2. The van der Waals surface area contributed by atoms with Crippen LogP contribution in [0.25, 0.3) is 0 Å². The number of nitrogens with zero attached hydrogens (tertiary/aromatic N) is 1. The van der Waals surface area contributed by atoms with E-state index in [0.717, 1.165) is 10.6 Å². The number of methoxy groups -OCH3 is 1. The quantitative estimate of drug-likeness (QED) is 0.454. The Hall–Kier alpha value is -1.88. The minimum Gasteiger partial charge on any atom is -0.497 e. The van der Waals surface area contributed by atoms with Crippen LogP contribution in [0, 0.1) is 0 Å².